The smallest absolute Gasteiger partial charge is 0.0990 e. The summed E-state index contributed by atoms with van der Waals surface area (Å²) < 4.78 is 0. The Morgan fingerprint density at radius 2 is 1.95 bits per heavy atom. The third-order valence-corrected chi connectivity index (χ3v) is 3.59. The van der Waals surface area contributed by atoms with Gasteiger partial charge in [0, 0.05) is 26.1 Å². The van der Waals surface area contributed by atoms with E-state index < -0.39 is 0 Å². The predicted molar refractivity (Wildman–Crippen MR) is 84.7 cm³/mol. The normalized spacial score (nSPS) is 15.5. The van der Waals surface area contributed by atoms with Crippen LogP contribution >= 0.6 is 0 Å². The van der Waals surface area contributed by atoms with E-state index in [9.17, 15) is 0 Å². The summed E-state index contributed by atoms with van der Waals surface area (Å²) in [6.07, 6.45) is 14.8. The highest BCUT2D eigenvalue weighted by Gasteiger charge is 2.14. The van der Waals surface area contributed by atoms with Gasteiger partial charge in [-0.05, 0) is 25.7 Å². The molecule has 0 bridgehead atoms. The molecule has 19 heavy (non-hydrogen) atoms. The molecule has 0 aromatic carbocycles. The van der Waals surface area contributed by atoms with E-state index in [2.05, 4.69) is 29.0 Å². The van der Waals surface area contributed by atoms with E-state index in [0.717, 1.165) is 32.6 Å². The van der Waals surface area contributed by atoms with E-state index in [0.29, 0.717) is 0 Å². The zero-order chi connectivity index (χ0) is 13.8. The number of nitrogens with zero attached hydrogens (tertiary/aromatic N) is 2. The molecule has 0 spiro atoms. The highest BCUT2D eigenvalue weighted by Crippen LogP contribution is 2.10. The lowest BCUT2D eigenvalue weighted by atomic mass is 10.1. The maximum atomic E-state index is 5.61. The number of allylic oxidation sites excluding steroid dienone is 2. The second kappa shape index (κ2) is 11.0. The van der Waals surface area contributed by atoms with E-state index in [1.807, 2.05) is 0 Å². The Kier molecular flexibility index (Phi) is 9.42. The maximum absolute atomic E-state index is 5.61. The Balaban J connectivity index is 1.97. The number of amidine groups is 1. The molecule has 0 saturated carbocycles. The zero-order valence-electron chi connectivity index (χ0n) is 12.6. The molecule has 0 amide bonds. The Labute approximate surface area is 119 Å². The van der Waals surface area contributed by atoms with Gasteiger partial charge in [-0.2, -0.15) is 0 Å². The van der Waals surface area contributed by atoms with Crippen LogP contribution in [0.15, 0.2) is 17.1 Å². The quantitative estimate of drug-likeness (QED) is 0.460. The van der Waals surface area contributed by atoms with Crippen molar-refractivity contribution >= 4 is 5.84 Å². The number of hydrogen-bond donors (Lipinski definition) is 1. The number of unbranched alkanes of at least 4 members (excludes halogenated alkanes) is 5. The van der Waals surface area contributed by atoms with Crippen molar-refractivity contribution in [2.75, 3.05) is 26.2 Å². The Bertz CT molecular complexity index is 271. The number of rotatable bonds is 11. The minimum Gasteiger partial charge on any atom is -0.357 e. The Morgan fingerprint density at radius 1 is 1.16 bits per heavy atom. The van der Waals surface area contributed by atoms with Crippen LogP contribution in [0.4, 0.5) is 0 Å². The van der Waals surface area contributed by atoms with Crippen LogP contribution in [0.2, 0.25) is 0 Å². The summed E-state index contributed by atoms with van der Waals surface area (Å²) in [6.45, 7) is 6.00. The predicted octanol–water partition coefficient (Wildman–Crippen LogP) is 3.36. The van der Waals surface area contributed by atoms with Crippen LogP contribution in [-0.4, -0.2) is 36.9 Å². The average Bonchev–Trinajstić information content (AvgIpc) is 2.85. The van der Waals surface area contributed by atoms with Crippen molar-refractivity contribution in [3.8, 4) is 0 Å². The van der Waals surface area contributed by atoms with Gasteiger partial charge in [0.05, 0.1) is 12.4 Å². The summed E-state index contributed by atoms with van der Waals surface area (Å²) in [6, 6.07) is 0. The molecule has 0 aromatic rings. The van der Waals surface area contributed by atoms with E-state index in [1.165, 1.54) is 50.8 Å². The molecule has 2 N–H and O–H groups in total. The van der Waals surface area contributed by atoms with Crippen molar-refractivity contribution in [2.45, 2.75) is 58.3 Å². The average molecular weight is 265 g/mol. The minimum absolute atomic E-state index is 0.738. The summed E-state index contributed by atoms with van der Waals surface area (Å²) >= 11 is 0. The van der Waals surface area contributed by atoms with Gasteiger partial charge in [-0.1, -0.05) is 38.3 Å². The molecule has 0 aliphatic carbocycles. The Morgan fingerprint density at radius 3 is 2.68 bits per heavy atom. The molecular weight excluding hydrogens is 234 g/mol. The first kappa shape index (κ1) is 16.2. The van der Waals surface area contributed by atoms with Crippen molar-refractivity contribution < 1.29 is 0 Å². The molecule has 3 nitrogen and oxygen atoms in total. The van der Waals surface area contributed by atoms with Crippen molar-refractivity contribution in [1.82, 2.24) is 4.90 Å². The van der Waals surface area contributed by atoms with Crippen LogP contribution in [0.5, 0.6) is 0 Å². The molecule has 3 heteroatoms. The fraction of sp³-hybridized carbons (Fsp3) is 0.812. The third kappa shape index (κ3) is 7.36. The molecule has 0 radical (unpaired) electrons. The van der Waals surface area contributed by atoms with Gasteiger partial charge < -0.3 is 10.6 Å². The maximum Gasteiger partial charge on any atom is 0.0990 e. The van der Waals surface area contributed by atoms with Gasteiger partial charge in [-0.3, -0.25) is 4.99 Å². The summed E-state index contributed by atoms with van der Waals surface area (Å²) in [5.74, 6) is 1.30. The van der Waals surface area contributed by atoms with E-state index in [-0.39, 0.29) is 0 Å². The molecular formula is C16H31N3. The highest BCUT2D eigenvalue weighted by atomic mass is 15.2. The van der Waals surface area contributed by atoms with Crippen molar-refractivity contribution in [2.24, 2.45) is 10.7 Å². The topological polar surface area (TPSA) is 41.6 Å². The molecule has 0 fully saturated rings. The second-order valence-corrected chi connectivity index (χ2v) is 5.29. The van der Waals surface area contributed by atoms with Gasteiger partial charge in [0.15, 0.2) is 0 Å². The molecule has 0 atom stereocenters. The summed E-state index contributed by atoms with van der Waals surface area (Å²) in [7, 11) is 0. The lowest BCUT2D eigenvalue weighted by Gasteiger charge is -2.19. The van der Waals surface area contributed by atoms with Gasteiger partial charge in [-0.25, -0.2) is 0 Å². The number of aliphatic imine (C=N–C) groups is 1. The fourth-order valence-electron chi connectivity index (χ4n) is 2.44. The van der Waals surface area contributed by atoms with Crippen LogP contribution < -0.4 is 5.73 Å². The van der Waals surface area contributed by atoms with Crippen LogP contribution in [-0.2, 0) is 0 Å². The van der Waals surface area contributed by atoms with Crippen LogP contribution in [0.1, 0.15) is 58.3 Å². The highest BCUT2D eigenvalue weighted by molar-refractivity contribution is 5.83. The Hall–Kier alpha value is -0.830. The van der Waals surface area contributed by atoms with Gasteiger partial charge in [0.2, 0.25) is 0 Å². The lowest BCUT2D eigenvalue weighted by molar-refractivity contribution is 0.456. The largest absolute Gasteiger partial charge is 0.357 e. The van der Waals surface area contributed by atoms with Gasteiger partial charge in [0.25, 0.3) is 0 Å². The third-order valence-electron chi connectivity index (χ3n) is 3.59. The molecule has 0 unspecified atom stereocenters. The fourth-order valence-corrected chi connectivity index (χ4v) is 2.44. The molecule has 0 saturated heterocycles. The monoisotopic (exact) mass is 265 g/mol. The summed E-state index contributed by atoms with van der Waals surface area (Å²) in [5, 5.41) is 0. The van der Waals surface area contributed by atoms with Gasteiger partial charge in [0.1, 0.15) is 0 Å². The van der Waals surface area contributed by atoms with Gasteiger partial charge >= 0.3 is 0 Å². The van der Waals surface area contributed by atoms with E-state index in [1.54, 1.807) is 0 Å². The van der Waals surface area contributed by atoms with Gasteiger partial charge in [-0.15, -0.1) is 0 Å². The van der Waals surface area contributed by atoms with Crippen molar-refractivity contribution in [3.63, 3.8) is 0 Å². The van der Waals surface area contributed by atoms with Crippen LogP contribution in [0.25, 0.3) is 0 Å². The number of nitrogens with two attached hydrogens (primary N) is 1. The minimum atomic E-state index is 0.738. The summed E-state index contributed by atoms with van der Waals surface area (Å²) in [4.78, 5) is 6.93. The van der Waals surface area contributed by atoms with Crippen LogP contribution in [0, 0.1) is 0 Å². The van der Waals surface area contributed by atoms with E-state index >= 15 is 0 Å². The second-order valence-electron chi connectivity index (χ2n) is 5.29. The molecule has 1 aliphatic rings. The molecule has 110 valence electrons. The standard InChI is InChI=1S/C16H31N3/c1-2-3-4-5-6-7-8-9-10-11-16-18-13-15-19(16)14-12-17/h5-6H,2-4,7-15,17H2,1H3/b6-5+. The molecule has 1 rings (SSSR count). The lowest BCUT2D eigenvalue weighted by Crippen LogP contribution is -2.32. The van der Waals surface area contributed by atoms with E-state index in [4.69, 9.17) is 5.73 Å². The first-order valence-electron chi connectivity index (χ1n) is 8.01. The first-order chi connectivity index (χ1) is 9.38. The van der Waals surface area contributed by atoms with Crippen LogP contribution in [0.3, 0.4) is 0 Å². The molecule has 0 aromatic heterocycles. The van der Waals surface area contributed by atoms with Crippen molar-refractivity contribution in [1.29, 1.82) is 0 Å². The summed E-state index contributed by atoms with van der Waals surface area (Å²) in [5.41, 5.74) is 5.61. The zero-order valence-corrected chi connectivity index (χ0v) is 12.6. The first-order valence-corrected chi connectivity index (χ1v) is 8.01. The SMILES string of the molecule is CCCC/C=C/CCCCCC1=NCCN1CCN. The molecule has 1 heterocycles. The molecule has 1 aliphatic heterocycles. The van der Waals surface area contributed by atoms with Crippen molar-refractivity contribution in [3.05, 3.63) is 12.2 Å². The number of hydrogen-bond acceptors (Lipinski definition) is 3.